The van der Waals surface area contributed by atoms with Crippen molar-refractivity contribution in [3.63, 3.8) is 0 Å². The average molecular weight is 818 g/mol. The van der Waals surface area contributed by atoms with E-state index in [1.807, 2.05) is 21.1 Å². The Morgan fingerprint density at radius 2 is 1.02 bits per heavy atom. The van der Waals surface area contributed by atoms with Crippen LogP contribution in [0.25, 0.3) is 0 Å². The number of quaternary nitrogens is 1. The number of phosphoric acid groups is 1. The molecule has 0 aromatic rings. The lowest BCUT2D eigenvalue weighted by molar-refractivity contribution is -0.870. The largest absolute Gasteiger partial charge is 0.756 e. The highest BCUT2D eigenvalue weighted by Gasteiger charge is 2.20. The van der Waals surface area contributed by atoms with Gasteiger partial charge in [0.15, 0.2) is 0 Å². The second kappa shape index (κ2) is 40.5. The third kappa shape index (κ3) is 44.6. The number of hydrogen-bond acceptors (Lipinski definition) is 7. The Morgan fingerprint density at radius 3 is 1.54 bits per heavy atom. The molecule has 0 bridgehead atoms. The van der Waals surface area contributed by atoms with Crippen molar-refractivity contribution in [3.8, 4) is 0 Å². The number of nitrogens with zero attached hydrogens (tertiary/aromatic N) is 1. The molecule has 328 valence electrons. The molecule has 0 spiro atoms. The minimum Gasteiger partial charge on any atom is -0.756 e. The predicted octanol–water partition coefficient (Wildman–Crippen LogP) is 12.6. The maximum absolute atomic E-state index is 12.7. The second-order valence-electron chi connectivity index (χ2n) is 15.7. The fourth-order valence-corrected chi connectivity index (χ4v) is 6.23. The van der Waals surface area contributed by atoms with Crippen LogP contribution in [0.2, 0.25) is 0 Å². The van der Waals surface area contributed by atoms with Crippen LogP contribution in [-0.2, 0) is 27.9 Å². The highest BCUT2D eigenvalue weighted by Crippen LogP contribution is 2.38. The van der Waals surface area contributed by atoms with Gasteiger partial charge in [0.2, 0.25) is 0 Å². The van der Waals surface area contributed by atoms with Crippen molar-refractivity contribution in [1.29, 1.82) is 0 Å². The van der Waals surface area contributed by atoms with Gasteiger partial charge < -0.3 is 27.9 Å². The van der Waals surface area contributed by atoms with E-state index < -0.39 is 13.9 Å². The Balaban J connectivity index is 4.37. The second-order valence-corrected chi connectivity index (χ2v) is 17.1. The summed E-state index contributed by atoms with van der Waals surface area (Å²) in [5, 5.41) is 0. The van der Waals surface area contributed by atoms with E-state index in [0.717, 1.165) is 83.5 Å². The molecule has 8 nitrogen and oxygen atoms in total. The van der Waals surface area contributed by atoms with Crippen molar-refractivity contribution in [3.05, 3.63) is 85.1 Å². The summed E-state index contributed by atoms with van der Waals surface area (Å²) in [6, 6.07) is 0. The molecular weight excluding hydrogens is 734 g/mol. The molecule has 0 saturated heterocycles. The zero-order valence-corrected chi connectivity index (χ0v) is 37.9. The first kappa shape index (κ1) is 54.7. The van der Waals surface area contributed by atoms with Crippen molar-refractivity contribution in [2.45, 2.75) is 161 Å². The number of esters is 1. The fraction of sp³-hybridized carbons (Fsp3) is 0.688. The van der Waals surface area contributed by atoms with Gasteiger partial charge in [-0.2, -0.15) is 0 Å². The Hall–Kier alpha value is -2.32. The molecule has 0 saturated carbocycles. The number of ether oxygens (including phenoxy) is 2. The number of carbonyl (C=O) groups excluding carboxylic acids is 1. The van der Waals surface area contributed by atoms with E-state index in [9.17, 15) is 14.3 Å². The maximum atomic E-state index is 12.7. The first-order valence-corrected chi connectivity index (χ1v) is 23.8. The summed E-state index contributed by atoms with van der Waals surface area (Å²) in [5.74, 6) is -0.366. The summed E-state index contributed by atoms with van der Waals surface area (Å²) in [7, 11) is 1.30. The van der Waals surface area contributed by atoms with Crippen LogP contribution in [0.1, 0.15) is 155 Å². The monoisotopic (exact) mass is 818 g/mol. The number of carbonyl (C=O) groups is 1. The van der Waals surface area contributed by atoms with Crippen molar-refractivity contribution in [1.82, 2.24) is 0 Å². The topological polar surface area (TPSA) is 94.1 Å². The van der Waals surface area contributed by atoms with Gasteiger partial charge in [0, 0.05) is 13.0 Å². The maximum Gasteiger partial charge on any atom is 0.306 e. The molecule has 2 atom stereocenters. The van der Waals surface area contributed by atoms with E-state index in [1.165, 1.54) is 51.4 Å². The van der Waals surface area contributed by atoms with Crippen LogP contribution in [0.4, 0.5) is 0 Å². The van der Waals surface area contributed by atoms with Gasteiger partial charge in [0.1, 0.15) is 19.3 Å². The van der Waals surface area contributed by atoms with Gasteiger partial charge in [-0.15, -0.1) is 0 Å². The number of likely N-dealkylation sites (N-methyl/N-ethyl adjacent to an activating group) is 1. The fourth-order valence-electron chi connectivity index (χ4n) is 5.50. The van der Waals surface area contributed by atoms with E-state index in [0.29, 0.717) is 17.6 Å². The van der Waals surface area contributed by atoms with E-state index in [2.05, 4.69) is 98.9 Å². The summed E-state index contributed by atoms with van der Waals surface area (Å²) < 4.78 is 34.5. The minimum atomic E-state index is -4.55. The Labute approximate surface area is 350 Å². The number of phosphoric ester groups is 1. The summed E-state index contributed by atoms with van der Waals surface area (Å²) >= 11 is 0. The lowest BCUT2D eigenvalue weighted by Gasteiger charge is -2.28. The molecule has 9 heteroatoms. The first-order valence-electron chi connectivity index (χ1n) is 22.3. The van der Waals surface area contributed by atoms with Gasteiger partial charge in [-0.05, 0) is 83.5 Å². The van der Waals surface area contributed by atoms with Crippen LogP contribution in [0.15, 0.2) is 85.1 Å². The molecule has 0 aliphatic carbocycles. The Morgan fingerprint density at radius 1 is 0.561 bits per heavy atom. The Kier molecular flexibility index (Phi) is 38.8. The molecule has 0 aromatic heterocycles. The van der Waals surface area contributed by atoms with Gasteiger partial charge in [-0.3, -0.25) is 9.36 Å². The van der Waals surface area contributed by atoms with Crippen LogP contribution in [0.3, 0.4) is 0 Å². The molecule has 0 radical (unpaired) electrons. The average Bonchev–Trinajstić information content (AvgIpc) is 3.16. The molecule has 0 amide bonds. The normalized spacial score (nSPS) is 14.6. The zero-order valence-electron chi connectivity index (χ0n) is 37.0. The number of allylic oxidation sites excluding steroid dienone is 14. The standard InChI is InChI=1S/C48H84NO7P/c1-6-8-10-12-14-16-18-20-22-23-24-25-26-28-30-32-34-36-38-40-43-53-45-47(46-55-57(51,52)54-44-42-49(3,4)5)56-48(50)41-39-37-35-33-31-29-27-21-19-17-15-13-11-9-7-2/h8,10,14,16,20-22,24-25,27-28,30,34,36,47H,6-7,9,11-13,15,17-19,23,26,29,31-33,35,37-46H2,1-5H3/b10-8-,16-14-,22-20-,25-24-,27-21-,30-28-,36-34-. The molecule has 0 rings (SSSR count). The van der Waals surface area contributed by atoms with Gasteiger partial charge in [0.05, 0.1) is 34.4 Å². The quantitative estimate of drug-likeness (QED) is 0.0200. The van der Waals surface area contributed by atoms with E-state index >= 15 is 0 Å². The van der Waals surface area contributed by atoms with Crippen molar-refractivity contribution >= 4 is 13.8 Å². The summed E-state index contributed by atoms with van der Waals surface area (Å²) in [5.41, 5.74) is 0. The minimum absolute atomic E-state index is 0.00924. The molecule has 0 aliphatic rings. The first-order chi connectivity index (χ1) is 27.6. The van der Waals surface area contributed by atoms with Crippen LogP contribution < -0.4 is 4.89 Å². The van der Waals surface area contributed by atoms with E-state index in [-0.39, 0.29) is 32.2 Å². The van der Waals surface area contributed by atoms with Crippen LogP contribution in [0, 0.1) is 0 Å². The molecule has 0 fully saturated rings. The van der Waals surface area contributed by atoms with Gasteiger partial charge in [-0.1, -0.05) is 150 Å². The molecule has 2 unspecified atom stereocenters. The lowest BCUT2D eigenvalue weighted by Crippen LogP contribution is -2.37. The number of unbranched alkanes of at least 4 members (excludes halogenated alkanes) is 12. The molecule has 0 aliphatic heterocycles. The summed E-state index contributed by atoms with van der Waals surface area (Å²) in [6.07, 6.45) is 53.2. The number of hydrogen-bond donors (Lipinski definition) is 0. The van der Waals surface area contributed by atoms with Gasteiger partial charge in [0.25, 0.3) is 7.82 Å². The highest BCUT2D eigenvalue weighted by molar-refractivity contribution is 7.45. The van der Waals surface area contributed by atoms with Gasteiger partial charge in [-0.25, -0.2) is 0 Å². The van der Waals surface area contributed by atoms with Gasteiger partial charge >= 0.3 is 5.97 Å². The van der Waals surface area contributed by atoms with Crippen LogP contribution in [0.5, 0.6) is 0 Å². The summed E-state index contributed by atoms with van der Waals surface area (Å²) in [4.78, 5) is 25.0. The Bertz CT molecular complexity index is 1180. The number of rotatable bonds is 40. The predicted molar refractivity (Wildman–Crippen MR) is 240 cm³/mol. The third-order valence-electron chi connectivity index (χ3n) is 8.93. The van der Waals surface area contributed by atoms with E-state index in [1.54, 1.807) is 0 Å². The highest BCUT2D eigenvalue weighted by atomic mass is 31.2. The van der Waals surface area contributed by atoms with Crippen molar-refractivity contribution < 1.29 is 37.3 Å². The van der Waals surface area contributed by atoms with Crippen LogP contribution in [-0.4, -0.2) is 70.7 Å². The molecular formula is C48H84NO7P. The smallest absolute Gasteiger partial charge is 0.306 e. The molecule has 0 N–H and O–H groups in total. The molecule has 57 heavy (non-hydrogen) atoms. The molecule has 0 aromatic carbocycles. The van der Waals surface area contributed by atoms with Crippen molar-refractivity contribution in [2.24, 2.45) is 0 Å². The van der Waals surface area contributed by atoms with Crippen molar-refractivity contribution in [2.75, 3.05) is 54.1 Å². The molecule has 0 heterocycles. The summed E-state index contributed by atoms with van der Waals surface area (Å²) in [6.45, 7) is 5.10. The SMILES string of the molecule is CC/C=C\C/C=C\C/C=C\C/C=C\C/C=C\C/C=C\CCCOCC(COP(=O)([O-])OCC[N+](C)(C)C)OC(=O)CCCCCCC/C=C\CCCCCCCC. The van der Waals surface area contributed by atoms with Crippen LogP contribution >= 0.6 is 7.82 Å². The zero-order chi connectivity index (χ0) is 42.0. The van der Waals surface area contributed by atoms with E-state index in [4.69, 9.17) is 18.5 Å². The lowest BCUT2D eigenvalue weighted by atomic mass is 10.1. The third-order valence-corrected chi connectivity index (χ3v) is 9.89.